The molecule has 0 heterocycles. The molecular formula is C10H17BrO2. The zero-order chi connectivity index (χ0) is 9.73. The number of halogens is 1. The van der Waals surface area contributed by atoms with Crippen LogP contribution in [-0.4, -0.2) is 18.4 Å². The lowest BCUT2D eigenvalue weighted by atomic mass is 9.66. The van der Waals surface area contributed by atoms with E-state index in [1.165, 1.54) is 13.5 Å². The van der Waals surface area contributed by atoms with Crippen LogP contribution in [0.5, 0.6) is 0 Å². The summed E-state index contributed by atoms with van der Waals surface area (Å²) < 4.78 is 4.84. The summed E-state index contributed by atoms with van der Waals surface area (Å²) in [6, 6.07) is 0. The Bertz CT molecular complexity index is 176. The van der Waals surface area contributed by atoms with E-state index in [1.54, 1.807) is 0 Å². The fourth-order valence-corrected chi connectivity index (χ4v) is 2.33. The third kappa shape index (κ3) is 2.46. The molecule has 0 aromatic rings. The normalized spacial score (nSPS) is 19.2. The average Bonchev–Trinajstić information content (AvgIpc) is 2.08. The van der Waals surface area contributed by atoms with Crippen LogP contribution in [0, 0.1) is 5.41 Å². The average molecular weight is 249 g/mol. The van der Waals surface area contributed by atoms with E-state index in [-0.39, 0.29) is 11.4 Å². The van der Waals surface area contributed by atoms with Crippen LogP contribution in [-0.2, 0) is 9.53 Å². The number of rotatable bonds is 5. The van der Waals surface area contributed by atoms with Crippen molar-refractivity contribution in [3.05, 3.63) is 0 Å². The van der Waals surface area contributed by atoms with Gasteiger partial charge in [0.05, 0.1) is 12.5 Å². The molecule has 0 N–H and O–H groups in total. The van der Waals surface area contributed by atoms with Crippen molar-refractivity contribution in [2.45, 2.75) is 38.5 Å². The van der Waals surface area contributed by atoms with Crippen LogP contribution in [0.3, 0.4) is 0 Å². The Morgan fingerprint density at radius 1 is 1.46 bits per heavy atom. The van der Waals surface area contributed by atoms with Gasteiger partial charge in [-0.25, -0.2) is 0 Å². The van der Waals surface area contributed by atoms with E-state index in [2.05, 4.69) is 15.9 Å². The third-order valence-electron chi connectivity index (χ3n) is 2.97. The molecule has 0 radical (unpaired) electrons. The van der Waals surface area contributed by atoms with Gasteiger partial charge in [0.15, 0.2) is 0 Å². The molecule has 3 heteroatoms. The van der Waals surface area contributed by atoms with E-state index < -0.39 is 0 Å². The Kier molecular flexibility index (Phi) is 4.23. The largest absolute Gasteiger partial charge is 0.469 e. The number of carbonyl (C=O) groups excluding carboxylic acids is 1. The maximum absolute atomic E-state index is 11.5. The molecule has 1 fully saturated rings. The highest BCUT2D eigenvalue weighted by atomic mass is 79.9. The quantitative estimate of drug-likeness (QED) is 0.425. The molecule has 1 aliphatic rings. The van der Waals surface area contributed by atoms with Gasteiger partial charge in [-0.1, -0.05) is 28.8 Å². The lowest BCUT2D eigenvalue weighted by molar-refractivity contribution is -0.159. The summed E-state index contributed by atoms with van der Waals surface area (Å²) in [6.45, 7) is 0. The van der Waals surface area contributed by atoms with Gasteiger partial charge in [0.2, 0.25) is 0 Å². The van der Waals surface area contributed by atoms with Crippen LogP contribution >= 0.6 is 15.9 Å². The molecule has 0 aromatic heterocycles. The van der Waals surface area contributed by atoms with Gasteiger partial charge in [-0.15, -0.1) is 0 Å². The van der Waals surface area contributed by atoms with Gasteiger partial charge in [0, 0.05) is 5.33 Å². The van der Waals surface area contributed by atoms with Crippen molar-refractivity contribution in [1.82, 2.24) is 0 Å². The predicted molar refractivity (Wildman–Crippen MR) is 55.9 cm³/mol. The lowest BCUT2D eigenvalue weighted by Crippen LogP contribution is -2.38. The highest BCUT2D eigenvalue weighted by Gasteiger charge is 2.44. The molecular weight excluding hydrogens is 232 g/mol. The van der Waals surface area contributed by atoms with E-state index in [1.807, 2.05) is 0 Å². The zero-order valence-electron chi connectivity index (χ0n) is 8.14. The van der Waals surface area contributed by atoms with E-state index in [0.29, 0.717) is 0 Å². The maximum atomic E-state index is 11.5. The monoisotopic (exact) mass is 248 g/mol. The van der Waals surface area contributed by atoms with Gasteiger partial charge in [-0.3, -0.25) is 4.79 Å². The molecule has 0 aliphatic heterocycles. The topological polar surface area (TPSA) is 26.3 Å². The molecule has 13 heavy (non-hydrogen) atoms. The summed E-state index contributed by atoms with van der Waals surface area (Å²) in [5.41, 5.74) is -0.100. The molecule has 0 spiro atoms. The van der Waals surface area contributed by atoms with Gasteiger partial charge < -0.3 is 4.74 Å². The first-order chi connectivity index (χ1) is 6.25. The molecule has 1 saturated carbocycles. The number of unbranched alkanes of at least 4 members (excludes halogenated alkanes) is 1. The lowest BCUT2D eigenvalue weighted by Gasteiger charge is -2.38. The van der Waals surface area contributed by atoms with Gasteiger partial charge >= 0.3 is 5.97 Å². The Morgan fingerprint density at radius 2 is 2.15 bits per heavy atom. The summed E-state index contributed by atoms with van der Waals surface area (Å²) in [7, 11) is 1.49. The Hall–Kier alpha value is -0.0500. The first kappa shape index (κ1) is 11.0. The van der Waals surface area contributed by atoms with Crippen LogP contribution in [0.15, 0.2) is 0 Å². The number of hydrogen-bond donors (Lipinski definition) is 0. The van der Waals surface area contributed by atoms with E-state index in [0.717, 1.165) is 37.4 Å². The van der Waals surface area contributed by atoms with E-state index in [4.69, 9.17) is 4.74 Å². The van der Waals surface area contributed by atoms with Crippen molar-refractivity contribution in [2.24, 2.45) is 5.41 Å². The minimum atomic E-state index is -0.100. The van der Waals surface area contributed by atoms with Crippen LogP contribution in [0.25, 0.3) is 0 Å². The van der Waals surface area contributed by atoms with Crippen LogP contribution in [0.2, 0.25) is 0 Å². The first-order valence-corrected chi connectivity index (χ1v) is 6.02. The number of alkyl halides is 1. The Morgan fingerprint density at radius 3 is 2.54 bits per heavy atom. The second-order valence-electron chi connectivity index (χ2n) is 3.77. The van der Waals surface area contributed by atoms with Gasteiger partial charge in [0.1, 0.15) is 0 Å². The fourth-order valence-electron chi connectivity index (χ4n) is 1.93. The molecule has 0 unspecified atom stereocenters. The number of carbonyl (C=O) groups is 1. The zero-order valence-corrected chi connectivity index (χ0v) is 9.73. The standard InChI is InChI=1S/C10H17BrO2/c1-13-9(12)10(6-4-7-10)5-2-3-8-11/h2-8H2,1H3. The summed E-state index contributed by atoms with van der Waals surface area (Å²) in [5, 5.41) is 1.03. The SMILES string of the molecule is COC(=O)C1(CCCCBr)CCC1. The van der Waals surface area contributed by atoms with Crippen molar-refractivity contribution in [1.29, 1.82) is 0 Å². The second-order valence-corrected chi connectivity index (χ2v) is 4.56. The number of esters is 1. The summed E-state index contributed by atoms with van der Waals surface area (Å²) in [4.78, 5) is 11.5. The Balaban J connectivity index is 2.36. The predicted octanol–water partition coefficient (Wildman–Crippen LogP) is 2.89. The minimum Gasteiger partial charge on any atom is -0.469 e. The van der Waals surface area contributed by atoms with E-state index >= 15 is 0 Å². The number of ether oxygens (including phenoxy) is 1. The summed E-state index contributed by atoms with van der Waals surface area (Å²) >= 11 is 3.39. The number of methoxy groups -OCH3 is 1. The second kappa shape index (κ2) is 4.99. The van der Waals surface area contributed by atoms with Crippen molar-refractivity contribution in [3.8, 4) is 0 Å². The molecule has 0 aromatic carbocycles. The van der Waals surface area contributed by atoms with Gasteiger partial charge in [-0.2, -0.15) is 0 Å². The smallest absolute Gasteiger partial charge is 0.311 e. The molecule has 2 nitrogen and oxygen atoms in total. The fraction of sp³-hybridized carbons (Fsp3) is 0.900. The molecule has 0 bridgehead atoms. The van der Waals surface area contributed by atoms with Crippen LogP contribution in [0.1, 0.15) is 38.5 Å². The molecule has 76 valence electrons. The van der Waals surface area contributed by atoms with Gasteiger partial charge in [-0.05, 0) is 25.7 Å². The minimum absolute atomic E-state index is 0.00771. The molecule has 0 amide bonds. The van der Waals surface area contributed by atoms with Crippen molar-refractivity contribution in [2.75, 3.05) is 12.4 Å². The van der Waals surface area contributed by atoms with Crippen LogP contribution < -0.4 is 0 Å². The highest BCUT2D eigenvalue weighted by Crippen LogP contribution is 2.46. The van der Waals surface area contributed by atoms with E-state index in [9.17, 15) is 4.79 Å². The highest BCUT2D eigenvalue weighted by molar-refractivity contribution is 9.09. The van der Waals surface area contributed by atoms with Crippen LogP contribution in [0.4, 0.5) is 0 Å². The Labute approximate surface area is 88.2 Å². The number of hydrogen-bond acceptors (Lipinski definition) is 2. The van der Waals surface area contributed by atoms with Crippen molar-refractivity contribution in [3.63, 3.8) is 0 Å². The van der Waals surface area contributed by atoms with Crippen molar-refractivity contribution >= 4 is 21.9 Å². The van der Waals surface area contributed by atoms with Crippen molar-refractivity contribution < 1.29 is 9.53 Å². The molecule has 1 rings (SSSR count). The molecule has 0 atom stereocenters. The maximum Gasteiger partial charge on any atom is 0.311 e. The molecule has 1 aliphatic carbocycles. The first-order valence-electron chi connectivity index (χ1n) is 4.89. The third-order valence-corrected chi connectivity index (χ3v) is 3.53. The van der Waals surface area contributed by atoms with Gasteiger partial charge in [0.25, 0.3) is 0 Å². The molecule has 0 saturated heterocycles. The summed E-state index contributed by atoms with van der Waals surface area (Å²) in [6.07, 6.45) is 6.53. The summed E-state index contributed by atoms with van der Waals surface area (Å²) in [5.74, 6) is 0.00771.